The highest BCUT2D eigenvalue weighted by Gasteiger charge is 2.29. The predicted molar refractivity (Wildman–Crippen MR) is 97.0 cm³/mol. The normalized spacial score (nSPS) is 14.0. The standard InChI is InChI=1S/C19H18ClF2N3O2/c20-17-9-16(22)6-3-14(17)10-23-18(26)12-25-8-7-24(19(25)27)11-13-1-4-15(21)5-2-13/h1-6,9H,7-8,10-12H2,(H,23,26). The molecule has 1 fully saturated rings. The average Bonchev–Trinajstić information content (AvgIpc) is 2.96. The first-order valence-electron chi connectivity index (χ1n) is 8.41. The molecule has 0 aromatic heterocycles. The molecule has 142 valence electrons. The third-order valence-corrected chi connectivity index (χ3v) is 4.65. The van der Waals surface area contributed by atoms with Crippen molar-refractivity contribution in [1.82, 2.24) is 15.1 Å². The van der Waals surface area contributed by atoms with E-state index < -0.39 is 5.82 Å². The summed E-state index contributed by atoms with van der Waals surface area (Å²) in [5.74, 6) is -1.10. The number of carbonyl (C=O) groups is 2. The Bertz CT molecular complexity index is 845. The minimum atomic E-state index is -0.445. The molecule has 3 amide bonds. The Kier molecular flexibility index (Phi) is 5.91. The number of hydrogen-bond acceptors (Lipinski definition) is 2. The number of carbonyl (C=O) groups excluding carboxylic acids is 2. The lowest BCUT2D eigenvalue weighted by molar-refractivity contribution is -0.121. The lowest BCUT2D eigenvalue weighted by Gasteiger charge is -2.18. The predicted octanol–water partition coefficient (Wildman–Crippen LogP) is 3.17. The molecule has 0 unspecified atom stereocenters. The number of halogens is 3. The van der Waals surface area contributed by atoms with Crippen molar-refractivity contribution >= 4 is 23.5 Å². The first-order valence-corrected chi connectivity index (χ1v) is 8.79. The van der Waals surface area contributed by atoms with Gasteiger partial charge in [-0.1, -0.05) is 29.8 Å². The van der Waals surface area contributed by atoms with Crippen LogP contribution in [0.3, 0.4) is 0 Å². The summed E-state index contributed by atoms with van der Waals surface area (Å²) in [7, 11) is 0. The van der Waals surface area contributed by atoms with Gasteiger partial charge >= 0.3 is 6.03 Å². The molecule has 3 rings (SSSR count). The van der Waals surface area contributed by atoms with E-state index in [0.717, 1.165) is 5.56 Å². The second kappa shape index (κ2) is 8.35. The maximum Gasteiger partial charge on any atom is 0.320 e. The molecule has 1 aliphatic rings. The Hall–Kier alpha value is -2.67. The van der Waals surface area contributed by atoms with Crippen molar-refractivity contribution in [3.63, 3.8) is 0 Å². The number of amides is 3. The largest absolute Gasteiger partial charge is 0.350 e. The minimum Gasteiger partial charge on any atom is -0.350 e. The number of benzene rings is 2. The van der Waals surface area contributed by atoms with Crippen molar-refractivity contribution in [2.75, 3.05) is 19.6 Å². The molecule has 1 saturated heterocycles. The SMILES string of the molecule is O=C(CN1CCN(Cc2ccc(F)cc2)C1=O)NCc1ccc(F)cc1Cl. The molecule has 2 aromatic rings. The van der Waals surface area contributed by atoms with Crippen molar-refractivity contribution in [2.24, 2.45) is 0 Å². The molecule has 0 saturated carbocycles. The van der Waals surface area contributed by atoms with E-state index in [9.17, 15) is 18.4 Å². The van der Waals surface area contributed by atoms with Crippen LogP contribution in [0, 0.1) is 11.6 Å². The molecule has 8 heteroatoms. The van der Waals surface area contributed by atoms with Crippen LogP contribution in [-0.4, -0.2) is 41.4 Å². The molecule has 0 bridgehead atoms. The molecule has 0 aliphatic carbocycles. The zero-order valence-corrected chi connectivity index (χ0v) is 15.2. The molecule has 2 aromatic carbocycles. The Balaban J connectivity index is 1.49. The van der Waals surface area contributed by atoms with Gasteiger partial charge in [0.2, 0.25) is 5.91 Å². The van der Waals surface area contributed by atoms with Crippen molar-refractivity contribution in [3.8, 4) is 0 Å². The second-order valence-electron chi connectivity index (χ2n) is 6.26. The summed E-state index contributed by atoms with van der Waals surface area (Å²) in [4.78, 5) is 27.6. The lowest BCUT2D eigenvalue weighted by Crippen LogP contribution is -2.39. The number of nitrogens with zero attached hydrogens (tertiary/aromatic N) is 2. The van der Waals surface area contributed by atoms with Gasteiger partial charge in [-0.15, -0.1) is 0 Å². The van der Waals surface area contributed by atoms with Crippen LogP contribution in [-0.2, 0) is 17.9 Å². The quantitative estimate of drug-likeness (QED) is 0.819. The molecule has 1 N–H and O–H groups in total. The fourth-order valence-corrected chi connectivity index (χ4v) is 3.06. The highest BCUT2D eigenvalue weighted by atomic mass is 35.5. The molecule has 0 radical (unpaired) electrons. The van der Waals surface area contributed by atoms with E-state index in [1.54, 1.807) is 17.0 Å². The summed E-state index contributed by atoms with van der Waals surface area (Å²) < 4.78 is 26.0. The molecular weight excluding hydrogens is 376 g/mol. The van der Waals surface area contributed by atoms with E-state index in [4.69, 9.17) is 11.6 Å². The number of hydrogen-bond donors (Lipinski definition) is 1. The molecular formula is C19H18ClF2N3O2. The maximum absolute atomic E-state index is 13.0. The molecule has 27 heavy (non-hydrogen) atoms. The van der Waals surface area contributed by atoms with Crippen molar-refractivity contribution < 1.29 is 18.4 Å². The van der Waals surface area contributed by atoms with Crippen LogP contribution in [0.2, 0.25) is 5.02 Å². The van der Waals surface area contributed by atoms with E-state index in [1.807, 2.05) is 0 Å². The summed E-state index contributed by atoms with van der Waals surface area (Å²) in [6.45, 7) is 1.37. The lowest BCUT2D eigenvalue weighted by atomic mass is 10.2. The summed E-state index contributed by atoms with van der Waals surface area (Å²) in [6, 6.07) is 9.67. The molecule has 1 aliphatic heterocycles. The average molecular weight is 394 g/mol. The van der Waals surface area contributed by atoms with Crippen LogP contribution in [0.1, 0.15) is 11.1 Å². The molecule has 0 atom stereocenters. The van der Waals surface area contributed by atoms with Crippen LogP contribution in [0.15, 0.2) is 42.5 Å². The van der Waals surface area contributed by atoms with Gasteiger partial charge in [0.05, 0.1) is 0 Å². The van der Waals surface area contributed by atoms with Gasteiger partial charge in [0.1, 0.15) is 18.2 Å². The van der Waals surface area contributed by atoms with Gasteiger partial charge in [-0.2, -0.15) is 0 Å². The Morgan fingerprint density at radius 3 is 2.41 bits per heavy atom. The Labute approximate surface area is 160 Å². The molecule has 5 nitrogen and oxygen atoms in total. The number of urea groups is 1. The fraction of sp³-hybridized carbons (Fsp3) is 0.263. The Morgan fingerprint density at radius 1 is 1.04 bits per heavy atom. The first-order chi connectivity index (χ1) is 12.9. The minimum absolute atomic E-state index is 0.0719. The van der Waals surface area contributed by atoms with Gasteiger partial charge in [-0.3, -0.25) is 4.79 Å². The third-order valence-electron chi connectivity index (χ3n) is 4.29. The third kappa shape index (κ3) is 4.95. The van der Waals surface area contributed by atoms with Gasteiger partial charge in [-0.25, -0.2) is 13.6 Å². The second-order valence-corrected chi connectivity index (χ2v) is 6.67. The highest BCUT2D eigenvalue weighted by Crippen LogP contribution is 2.17. The summed E-state index contributed by atoms with van der Waals surface area (Å²) in [5.41, 5.74) is 1.42. The summed E-state index contributed by atoms with van der Waals surface area (Å²) >= 11 is 5.93. The van der Waals surface area contributed by atoms with Gasteiger partial charge in [-0.05, 0) is 35.4 Å². The van der Waals surface area contributed by atoms with Crippen LogP contribution in [0.25, 0.3) is 0 Å². The monoisotopic (exact) mass is 393 g/mol. The van der Waals surface area contributed by atoms with Crippen molar-refractivity contribution in [3.05, 3.63) is 70.2 Å². The van der Waals surface area contributed by atoms with Crippen molar-refractivity contribution in [2.45, 2.75) is 13.1 Å². The Morgan fingerprint density at radius 2 is 1.70 bits per heavy atom. The molecule has 0 spiro atoms. The number of rotatable bonds is 6. The van der Waals surface area contributed by atoms with Crippen LogP contribution >= 0.6 is 11.6 Å². The smallest absolute Gasteiger partial charge is 0.320 e. The first kappa shape index (κ1) is 19.1. The van der Waals surface area contributed by atoms with Crippen LogP contribution in [0.4, 0.5) is 13.6 Å². The summed E-state index contributed by atoms with van der Waals surface area (Å²) in [6.07, 6.45) is 0. The van der Waals surface area contributed by atoms with E-state index in [-0.39, 0.29) is 35.9 Å². The zero-order valence-electron chi connectivity index (χ0n) is 14.4. The van der Waals surface area contributed by atoms with Crippen LogP contribution in [0.5, 0.6) is 0 Å². The van der Waals surface area contributed by atoms with Gasteiger partial charge in [0.25, 0.3) is 0 Å². The van der Waals surface area contributed by atoms with E-state index in [2.05, 4.69) is 5.32 Å². The van der Waals surface area contributed by atoms with Gasteiger partial charge in [0, 0.05) is 31.2 Å². The summed E-state index contributed by atoms with van der Waals surface area (Å²) in [5, 5.41) is 2.91. The van der Waals surface area contributed by atoms with E-state index in [1.165, 1.54) is 35.2 Å². The van der Waals surface area contributed by atoms with Crippen LogP contribution < -0.4 is 5.32 Å². The van der Waals surface area contributed by atoms with E-state index in [0.29, 0.717) is 25.2 Å². The molecule has 1 heterocycles. The highest BCUT2D eigenvalue weighted by molar-refractivity contribution is 6.31. The maximum atomic E-state index is 13.0. The van der Waals surface area contributed by atoms with Gasteiger partial charge in [0.15, 0.2) is 0 Å². The zero-order chi connectivity index (χ0) is 19.4. The topological polar surface area (TPSA) is 52.7 Å². The number of nitrogens with one attached hydrogen (secondary N) is 1. The van der Waals surface area contributed by atoms with E-state index >= 15 is 0 Å². The van der Waals surface area contributed by atoms with Crippen molar-refractivity contribution in [1.29, 1.82) is 0 Å². The van der Waals surface area contributed by atoms with Gasteiger partial charge < -0.3 is 15.1 Å². The fourth-order valence-electron chi connectivity index (χ4n) is 2.82.